The van der Waals surface area contributed by atoms with Gasteiger partial charge in [0.1, 0.15) is 5.82 Å². The van der Waals surface area contributed by atoms with Crippen LogP contribution in [0.25, 0.3) is 0 Å². The van der Waals surface area contributed by atoms with Crippen molar-refractivity contribution in [1.82, 2.24) is 9.97 Å². The van der Waals surface area contributed by atoms with Crippen LogP contribution in [0.15, 0.2) is 6.07 Å². The number of nitrogens with zero attached hydrogens (tertiary/aromatic N) is 2. The van der Waals surface area contributed by atoms with Crippen molar-refractivity contribution in [3.63, 3.8) is 0 Å². The van der Waals surface area contributed by atoms with E-state index in [2.05, 4.69) is 9.97 Å². The molecular formula is C4H3ClN3O-. The minimum Gasteiger partial charge on any atom is -0.858 e. The van der Waals surface area contributed by atoms with Gasteiger partial charge in [0, 0.05) is 0 Å². The minimum atomic E-state index is -0.465. The smallest absolute Gasteiger partial charge is 0.223 e. The fourth-order valence-corrected chi connectivity index (χ4v) is 0.594. The second-order valence-corrected chi connectivity index (χ2v) is 1.74. The maximum atomic E-state index is 10.4. The monoisotopic (exact) mass is 144 g/mol. The van der Waals surface area contributed by atoms with Gasteiger partial charge in [-0.15, -0.1) is 0 Å². The Morgan fingerprint density at radius 2 is 2.22 bits per heavy atom. The van der Waals surface area contributed by atoms with Crippen LogP contribution >= 0.6 is 11.6 Å². The van der Waals surface area contributed by atoms with Crippen molar-refractivity contribution < 1.29 is 5.11 Å². The third kappa shape index (κ3) is 1.43. The molecule has 0 aliphatic carbocycles. The summed E-state index contributed by atoms with van der Waals surface area (Å²) in [6.45, 7) is 0. The van der Waals surface area contributed by atoms with Gasteiger partial charge >= 0.3 is 0 Å². The third-order valence-corrected chi connectivity index (χ3v) is 0.864. The molecule has 0 saturated carbocycles. The van der Waals surface area contributed by atoms with Crippen LogP contribution in [0, 0.1) is 0 Å². The molecule has 0 amide bonds. The lowest BCUT2D eigenvalue weighted by Gasteiger charge is -2.02. The van der Waals surface area contributed by atoms with E-state index in [9.17, 15) is 5.11 Å². The largest absolute Gasteiger partial charge is 0.858 e. The molecule has 2 N–H and O–H groups in total. The van der Waals surface area contributed by atoms with Crippen LogP contribution < -0.4 is 10.8 Å². The summed E-state index contributed by atoms with van der Waals surface area (Å²) >= 11 is 5.25. The van der Waals surface area contributed by atoms with Crippen molar-refractivity contribution in [3.05, 3.63) is 11.3 Å². The van der Waals surface area contributed by atoms with Gasteiger partial charge in [0.25, 0.3) is 0 Å². The van der Waals surface area contributed by atoms with E-state index < -0.39 is 5.88 Å². The summed E-state index contributed by atoms with van der Waals surface area (Å²) in [7, 11) is 0. The zero-order valence-corrected chi connectivity index (χ0v) is 5.09. The molecule has 0 aliphatic rings. The quantitative estimate of drug-likeness (QED) is 0.511. The van der Waals surface area contributed by atoms with E-state index in [0.29, 0.717) is 0 Å². The number of aromatic nitrogens is 2. The van der Waals surface area contributed by atoms with Crippen LogP contribution in [0.4, 0.5) is 5.82 Å². The molecule has 0 unspecified atom stereocenters. The molecule has 0 saturated heterocycles. The summed E-state index contributed by atoms with van der Waals surface area (Å²) in [6, 6.07) is 1.10. The van der Waals surface area contributed by atoms with E-state index in [-0.39, 0.29) is 11.1 Å². The van der Waals surface area contributed by atoms with Gasteiger partial charge < -0.3 is 10.8 Å². The molecule has 0 aliphatic heterocycles. The second-order valence-electron chi connectivity index (χ2n) is 1.40. The van der Waals surface area contributed by atoms with Crippen molar-refractivity contribution in [2.24, 2.45) is 0 Å². The van der Waals surface area contributed by atoms with Crippen LogP contribution in [0.3, 0.4) is 0 Å². The van der Waals surface area contributed by atoms with E-state index >= 15 is 0 Å². The lowest BCUT2D eigenvalue weighted by Crippen LogP contribution is -1.98. The fourth-order valence-electron chi connectivity index (χ4n) is 0.414. The Hall–Kier alpha value is -1.03. The average Bonchev–Trinajstić information content (AvgIpc) is 1.59. The molecule has 0 fully saturated rings. The second kappa shape index (κ2) is 2.06. The molecule has 48 valence electrons. The van der Waals surface area contributed by atoms with Crippen LogP contribution in [-0.4, -0.2) is 9.97 Å². The predicted molar refractivity (Wildman–Crippen MR) is 30.9 cm³/mol. The first-order valence-corrected chi connectivity index (χ1v) is 2.53. The Bertz CT molecular complexity index is 177. The Labute approximate surface area is 56.3 Å². The van der Waals surface area contributed by atoms with Crippen LogP contribution in [-0.2, 0) is 0 Å². The molecule has 0 radical (unpaired) electrons. The molecule has 0 atom stereocenters. The topological polar surface area (TPSA) is 74.9 Å². The number of hydrogen-bond acceptors (Lipinski definition) is 4. The molecule has 1 heterocycles. The maximum Gasteiger partial charge on any atom is 0.223 e. The van der Waals surface area contributed by atoms with Crippen molar-refractivity contribution in [2.45, 2.75) is 0 Å². The van der Waals surface area contributed by atoms with Gasteiger partial charge in [-0.05, 0) is 23.5 Å². The number of anilines is 1. The molecule has 0 aromatic carbocycles. The zero-order valence-electron chi connectivity index (χ0n) is 4.34. The summed E-state index contributed by atoms with van der Waals surface area (Å²) < 4.78 is 0. The van der Waals surface area contributed by atoms with Gasteiger partial charge in [-0.3, -0.25) is 0 Å². The molecule has 0 spiro atoms. The normalized spacial score (nSPS) is 9.44. The van der Waals surface area contributed by atoms with Gasteiger partial charge in [-0.25, -0.2) is 9.97 Å². The standard InChI is InChI=1S/C4H4ClN3O/c5-4-7-2(6)1-3(9)8-4/h1H,(H3,6,7,8,9)/p-1. The van der Waals surface area contributed by atoms with E-state index in [0.717, 1.165) is 6.07 Å². The zero-order chi connectivity index (χ0) is 6.85. The summed E-state index contributed by atoms with van der Waals surface area (Å²) in [5, 5.41) is 10.3. The average molecular weight is 145 g/mol. The van der Waals surface area contributed by atoms with Crippen molar-refractivity contribution in [2.75, 3.05) is 5.73 Å². The van der Waals surface area contributed by atoms with Gasteiger partial charge in [0.15, 0.2) is 0 Å². The predicted octanol–water partition coefficient (Wildman–Crippen LogP) is -0.214. The molecule has 5 heteroatoms. The van der Waals surface area contributed by atoms with Crippen molar-refractivity contribution >= 4 is 17.4 Å². The van der Waals surface area contributed by atoms with Crippen molar-refractivity contribution in [1.29, 1.82) is 0 Å². The number of hydrogen-bond donors (Lipinski definition) is 1. The molecule has 9 heavy (non-hydrogen) atoms. The maximum absolute atomic E-state index is 10.4. The number of nitrogens with two attached hydrogens (primary N) is 1. The Balaban J connectivity index is 3.17. The van der Waals surface area contributed by atoms with Gasteiger partial charge in [-0.2, -0.15) is 0 Å². The highest BCUT2D eigenvalue weighted by Crippen LogP contribution is 2.08. The van der Waals surface area contributed by atoms with Gasteiger partial charge in [-0.1, -0.05) is 0 Å². The van der Waals surface area contributed by atoms with Crippen LogP contribution in [0.5, 0.6) is 5.88 Å². The first-order chi connectivity index (χ1) is 4.18. The molecule has 1 rings (SSSR count). The third-order valence-electron chi connectivity index (χ3n) is 0.695. The first kappa shape index (κ1) is 6.10. The van der Waals surface area contributed by atoms with E-state index in [1.807, 2.05) is 0 Å². The molecule has 1 aromatic rings. The van der Waals surface area contributed by atoms with Crippen LogP contribution in [0.2, 0.25) is 5.28 Å². The summed E-state index contributed by atoms with van der Waals surface area (Å²) in [5.74, 6) is -0.368. The summed E-state index contributed by atoms with van der Waals surface area (Å²) in [6.07, 6.45) is 0. The lowest BCUT2D eigenvalue weighted by molar-refractivity contribution is -0.274. The summed E-state index contributed by atoms with van der Waals surface area (Å²) in [5.41, 5.74) is 5.12. The summed E-state index contributed by atoms with van der Waals surface area (Å²) in [4.78, 5) is 6.72. The van der Waals surface area contributed by atoms with Gasteiger partial charge in [0.2, 0.25) is 5.28 Å². The van der Waals surface area contributed by atoms with E-state index in [1.165, 1.54) is 0 Å². The van der Waals surface area contributed by atoms with Gasteiger partial charge in [0.05, 0.1) is 0 Å². The fraction of sp³-hybridized carbons (Fsp3) is 0. The Kier molecular flexibility index (Phi) is 1.40. The van der Waals surface area contributed by atoms with Crippen molar-refractivity contribution in [3.8, 4) is 5.88 Å². The lowest BCUT2D eigenvalue weighted by atomic mass is 10.6. The highest BCUT2D eigenvalue weighted by Gasteiger charge is 1.89. The number of rotatable bonds is 0. The number of nitrogen functional groups attached to an aromatic ring is 1. The number of halogens is 1. The first-order valence-electron chi connectivity index (χ1n) is 2.15. The molecule has 0 bridgehead atoms. The minimum absolute atomic E-state index is 0.0972. The molecule has 4 nitrogen and oxygen atoms in total. The highest BCUT2D eigenvalue weighted by molar-refractivity contribution is 6.28. The van der Waals surface area contributed by atoms with E-state index in [4.69, 9.17) is 17.3 Å². The van der Waals surface area contributed by atoms with E-state index in [1.54, 1.807) is 0 Å². The molecular weight excluding hydrogens is 142 g/mol. The Morgan fingerprint density at radius 3 is 2.67 bits per heavy atom. The molecule has 1 aromatic heterocycles. The van der Waals surface area contributed by atoms with Crippen LogP contribution in [0.1, 0.15) is 0 Å². The highest BCUT2D eigenvalue weighted by atomic mass is 35.5. The SMILES string of the molecule is Nc1cc([O-])nc(Cl)n1. The Morgan fingerprint density at radius 1 is 1.56 bits per heavy atom.